The molecule has 0 saturated heterocycles. The van der Waals surface area contributed by atoms with E-state index in [4.69, 9.17) is 4.74 Å². The zero-order chi connectivity index (χ0) is 22.7. The van der Waals surface area contributed by atoms with E-state index >= 15 is 0 Å². The molecule has 4 aromatic rings. The van der Waals surface area contributed by atoms with Crippen molar-refractivity contribution in [2.45, 2.75) is 37.6 Å². The highest BCUT2D eigenvalue weighted by Crippen LogP contribution is 2.64. The van der Waals surface area contributed by atoms with Crippen LogP contribution < -0.4 is 10.1 Å². The molecule has 1 aliphatic carbocycles. The third kappa shape index (κ3) is 3.18. The number of alkyl halides is 2. The first-order valence-electron chi connectivity index (χ1n) is 10.8. The number of H-pyrrole nitrogens is 1. The smallest absolute Gasteiger partial charge is 0.258 e. The fourth-order valence-electron chi connectivity index (χ4n) is 4.90. The van der Waals surface area contributed by atoms with Crippen LogP contribution in [0.15, 0.2) is 47.5 Å². The minimum atomic E-state index is -2.49. The summed E-state index contributed by atoms with van der Waals surface area (Å²) in [5.41, 5.74) is 4.88. The Kier molecular flexibility index (Phi) is 4.30. The maximum atomic E-state index is 12.9. The molecule has 0 bridgehead atoms. The van der Waals surface area contributed by atoms with E-state index in [2.05, 4.69) is 50.0 Å². The van der Waals surface area contributed by atoms with E-state index < -0.39 is 13.0 Å². The van der Waals surface area contributed by atoms with Gasteiger partial charge in [-0.05, 0) is 60.7 Å². The van der Waals surface area contributed by atoms with E-state index in [1.807, 2.05) is 18.2 Å². The van der Waals surface area contributed by atoms with Gasteiger partial charge in [0.25, 0.3) is 6.43 Å². The second kappa shape index (κ2) is 7.13. The van der Waals surface area contributed by atoms with Crippen LogP contribution in [0.25, 0.3) is 10.9 Å². The predicted octanol–water partition coefficient (Wildman–Crippen LogP) is 5.23. The monoisotopic (exact) mass is 448 g/mol. The number of fused-ring (bicyclic) bond motifs is 3. The molecule has 0 amide bonds. The largest absolute Gasteiger partial charge is 0.497 e. The molecule has 1 aliphatic heterocycles. The number of halogens is 2. The molecule has 2 aromatic carbocycles. The molecule has 9 heteroatoms. The average molecular weight is 448 g/mol. The van der Waals surface area contributed by atoms with Gasteiger partial charge < -0.3 is 10.1 Å². The van der Waals surface area contributed by atoms with Crippen LogP contribution in [-0.4, -0.2) is 39.7 Å². The number of aromatic nitrogens is 4. The van der Waals surface area contributed by atoms with E-state index in [1.165, 1.54) is 15.8 Å². The van der Waals surface area contributed by atoms with E-state index in [1.54, 1.807) is 20.1 Å². The summed E-state index contributed by atoms with van der Waals surface area (Å²) in [6, 6.07) is 14.0. The van der Waals surface area contributed by atoms with Crippen LogP contribution in [0.4, 0.5) is 26.1 Å². The van der Waals surface area contributed by atoms with Crippen molar-refractivity contribution in [3.05, 3.63) is 59.3 Å². The number of hydrogen-bond acceptors (Lipinski definition) is 5. The van der Waals surface area contributed by atoms with Gasteiger partial charge in [0.1, 0.15) is 18.1 Å². The topological polar surface area (TPSA) is 80.1 Å². The number of ether oxygens (including phenoxy) is 1. The number of benzene rings is 2. The summed E-state index contributed by atoms with van der Waals surface area (Å²) in [4.78, 5) is 4.64. The second-order valence-corrected chi connectivity index (χ2v) is 8.68. The highest BCUT2D eigenvalue weighted by molar-refractivity contribution is 5.94. The van der Waals surface area contributed by atoms with Crippen molar-refractivity contribution in [3.8, 4) is 5.75 Å². The fourth-order valence-corrected chi connectivity index (χ4v) is 4.90. The van der Waals surface area contributed by atoms with Gasteiger partial charge in [-0.1, -0.05) is 6.07 Å². The first kappa shape index (κ1) is 19.9. The number of aromatic amines is 1. The average Bonchev–Trinajstić information content (AvgIpc) is 3.01. The standard InChI is InChI=1S/C24H22F2N6O/c1-13-7-22(32(31-13)11-21(25)26)28-23-16-5-3-14(8-20(16)29-30-23)18-10-24(18)12-27-19-6-4-15(33-2)9-17(19)24/h3-9,12,18,21H,10-11H2,1-2H3,(H2,28,29,30)/t18-,24-/m0/s1. The van der Waals surface area contributed by atoms with Crippen LogP contribution in [0.2, 0.25) is 0 Å². The molecular formula is C24H22F2N6O. The lowest BCUT2D eigenvalue weighted by molar-refractivity contribution is 0.122. The van der Waals surface area contributed by atoms with Gasteiger partial charge in [0.05, 0.1) is 24.0 Å². The van der Waals surface area contributed by atoms with Crippen molar-refractivity contribution >= 4 is 34.4 Å². The van der Waals surface area contributed by atoms with Crippen LogP contribution in [0.5, 0.6) is 5.75 Å². The molecule has 1 spiro atoms. The van der Waals surface area contributed by atoms with E-state index in [-0.39, 0.29) is 5.41 Å². The van der Waals surface area contributed by atoms with Crippen molar-refractivity contribution in [1.82, 2.24) is 20.0 Å². The van der Waals surface area contributed by atoms with Gasteiger partial charge in [0.15, 0.2) is 5.82 Å². The molecule has 3 heterocycles. The summed E-state index contributed by atoms with van der Waals surface area (Å²) >= 11 is 0. The lowest BCUT2D eigenvalue weighted by atomic mass is 9.92. The van der Waals surface area contributed by atoms with E-state index in [0.717, 1.165) is 28.8 Å². The molecule has 6 rings (SSSR count). The Morgan fingerprint density at radius 1 is 1.24 bits per heavy atom. The molecule has 2 atom stereocenters. The number of aryl methyl sites for hydroxylation is 1. The molecule has 168 valence electrons. The van der Waals surface area contributed by atoms with Gasteiger partial charge in [0, 0.05) is 23.1 Å². The number of rotatable bonds is 6. The summed E-state index contributed by atoms with van der Waals surface area (Å²) in [6.07, 6.45) is 0.574. The van der Waals surface area contributed by atoms with E-state index in [0.29, 0.717) is 23.2 Å². The molecule has 2 N–H and O–H groups in total. The lowest BCUT2D eigenvalue weighted by Crippen LogP contribution is -2.11. The third-order valence-electron chi connectivity index (χ3n) is 6.59. The van der Waals surface area contributed by atoms with Gasteiger partial charge in [-0.2, -0.15) is 10.2 Å². The first-order chi connectivity index (χ1) is 16.0. The Morgan fingerprint density at radius 3 is 2.94 bits per heavy atom. The van der Waals surface area contributed by atoms with Crippen molar-refractivity contribution in [1.29, 1.82) is 0 Å². The highest BCUT2D eigenvalue weighted by Gasteiger charge is 2.58. The zero-order valence-electron chi connectivity index (χ0n) is 18.1. The molecule has 33 heavy (non-hydrogen) atoms. The number of hydrogen-bond donors (Lipinski definition) is 2. The Balaban J connectivity index is 1.28. The predicted molar refractivity (Wildman–Crippen MR) is 123 cm³/mol. The van der Waals surface area contributed by atoms with Crippen molar-refractivity contribution < 1.29 is 13.5 Å². The van der Waals surface area contributed by atoms with Gasteiger partial charge in [-0.25, -0.2) is 13.5 Å². The fraction of sp³-hybridized carbons (Fsp3) is 0.292. The number of aliphatic imine (C=N–C) groups is 1. The van der Waals surface area contributed by atoms with Gasteiger partial charge in [0.2, 0.25) is 0 Å². The quantitative estimate of drug-likeness (QED) is 0.424. The van der Waals surface area contributed by atoms with Crippen molar-refractivity contribution in [2.24, 2.45) is 4.99 Å². The molecule has 1 saturated carbocycles. The Hall–Kier alpha value is -3.75. The minimum Gasteiger partial charge on any atom is -0.497 e. The number of anilines is 2. The van der Waals surface area contributed by atoms with Crippen LogP contribution in [0.1, 0.15) is 29.2 Å². The maximum Gasteiger partial charge on any atom is 0.258 e. The molecule has 0 unspecified atom stereocenters. The summed E-state index contributed by atoms with van der Waals surface area (Å²) in [6.45, 7) is 1.30. The zero-order valence-corrected chi connectivity index (χ0v) is 18.1. The molecule has 1 fully saturated rings. The summed E-state index contributed by atoms with van der Waals surface area (Å²) < 4.78 is 32.5. The summed E-state index contributed by atoms with van der Waals surface area (Å²) in [7, 11) is 1.67. The number of methoxy groups -OCH3 is 1. The lowest BCUT2D eigenvalue weighted by Gasteiger charge is -2.11. The van der Waals surface area contributed by atoms with Gasteiger partial charge in [-0.3, -0.25) is 10.1 Å². The SMILES string of the molecule is COc1ccc2c(c1)[C@@]1(C=N2)C[C@H]1c1ccc2c(Nc3cc(C)nn3CC(F)F)n[nH]c2c1. The molecule has 2 aliphatic rings. The Morgan fingerprint density at radius 2 is 2.12 bits per heavy atom. The first-order valence-corrected chi connectivity index (χ1v) is 10.8. The summed E-state index contributed by atoms with van der Waals surface area (Å²) in [5, 5.41) is 15.6. The molecule has 2 aromatic heterocycles. The highest BCUT2D eigenvalue weighted by atomic mass is 19.3. The minimum absolute atomic E-state index is 0.0854. The third-order valence-corrected chi connectivity index (χ3v) is 6.59. The normalized spacial score (nSPS) is 20.7. The number of nitrogens with one attached hydrogen (secondary N) is 2. The Bertz CT molecular complexity index is 1410. The van der Waals surface area contributed by atoms with Crippen molar-refractivity contribution in [3.63, 3.8) is 0 Å². The van der Waals surface area contributed by atoms with Crippen LogP contribution in [0, 0.1) is 6.92 Å². The van der Waals surface area contributed by atoms with Gasteiger partial charge >= 0.3 is 0 Å². The van der Waals surface area contributed by atoms with E-state index in [9.17, 15) is 8.78 Å². The van der Waals surface area contributed by atoms with Gasteiger partial charge in [-0.15, -0.1) is 0 Å². The number of nitrogens with zero attached hydrogens (tertiary/aromatic N) is 4. The maximum absolute atomic E-state index is 12.9. The Labute approximate surface area is 188 Å². The molecular weight excluding hydrogens is 426 g/mol. The van der Waals surface area contributed by atoms with Crippen LogP contribution in [0.3, 0.4) is 0 Å². The molecule has 0 radical (unpaired) electrons. The van der Waals surface area contributed by atoms with Crippen LogP contribution >= 0.6 is 0 Å². The summed E-state index contributed by atoms with van der Waals surface area (Å²) in [5.74, 6) is 2.23. The van der Waals surface area contributed by atoms with Crippen LogP contribution in [-0.2, 0) is 12.0 Å². The van der Waals surface area contributed by atoms with Crippen molar-refractivity contribution in [2.75, 3.05) is 12.4 Å². The second-order valence-electron chi connectivity index (χ2n) is 8.68. The molecule has 7 nitrogen and oxygen atoms in total.